The number of nitrogens with zero attached hydrogens (tertiary/aromatic N) is 5. The van der Waals surface area contributed by atoms with E-state index in [1.165, 1.54) is 0 Å². The number of nitrogens with one attached hydrogen (secondary N) is 1. The van der Waals surface area contributed by atoms with E-state index in [4.69, 9.17) is 9.72 Å². The Balaban J connectivity index is 1.48. The number of pyridine rings is 1. The molecule has 1 fully saturated rings. The molecule has 0 spiro atoms. The van der Waals surface area contributed by atoms with Crippen LogP contribution in [0.25, 0.3) is 5.65 Å². The molecule has 0 radical (unpaired) electrons. The number of rotatable bonds is 0. The van der Waals surface area contributed by atoms with Gasteiger partial charge in [-0.3, -0.25) is 4.98 Å². The molecule has 0 saturated carbocycles. The second-order valence-corrected chi connectivity index (χ2v) is 11.5. The molecule has 2 atom stereocenters. The monoisotopic (exact) mass is 554 g/mol. The number of anilines is 1. The Morgan fingerprint density at radius 2 is 1.97 bits per heavy atom. The number of benzene rings is 1. The van der Waals surface area contributed by atoms with E-state index in [1.54, 1.807) is 45.5 Å². The van der Waals surface area contributed by atoms with Gasteiger partial charge in [0.25, 0.3) is 0 Å². The lowest BCUT2D eigenvalue weighted by Gasteiger charge is -2.32. The lowest BCUT2D eigenvalue weighted by molar-refractivity contribution is 0.304. The van der Waals surface area contributed by atoms with Gasteiger partial charge in [-0.25, -0.2) is 13.4 Å². The summed E-state index contributed by atoms with van der Waals surface area (Å²) >= 11 is 3.55. The third kappa shape index (κ3) is 4.17. The molecule has 0 aliphatic carbocycles. The van der Waals surface area contributed by atoms with Gasteiger partial charge in [0.1, 0.15) is 18.2 Å². The van der Waals surface area contributed by atoms with Crippen molar-refractivity contribution >= 4 is 37.4 Å². The zero-order valence-electron chi connectivity index (χ0n) is 18.8. The minimum atomic E-state index is -3.63. The first-order valence-corrected chi connectivity index (χ1v) is 13.7. The summed E-state index contributed by atoms with van der Waals surface area (Å²) in [6.07, 6.45) is 6.91. The van der Waals surface area contributed by atoms with Crippen molar-refractivity contribution in [2.45, 2.75) is 36.8 Å². The third-order valence-corrected chi connectivity index (χ3v) is 9.01. The van der Waals surface area contributed by atoms with Crippen molar-refractivity contribution in [3.8, 4) is 5.75 Å². The zero-order valence-corrected chi connectivity index (χ0v) is 21.2. The first-order valence-electron chi connectivity index (χ1n) is 11.4. The Morgan fingerprint density at radius 3 is 2.83 bits per heavy atom. The molecule has 1 aromatic carbocycles. The molecule has 11 heteroatoms. The number of piperidine rings is 1. The van der Waals surface area contributed by atoms with Gasteiger partial charge < -0.3 is 10.1 Å². The van der Waals surface area contributed by atoms with Gasteiger partial charge in [-0.2, -0.15) is 13.9 Å². The van der Waals surface area contributed by atoms with E-state index in [0.29, 0.717) is 37.6 Å². The maximum absolute atomic E-state index is 13.4. The highest BCUT2D eigenvalue weighted by Crippen LogP contribution is 2.33. The highest BCUT2D eigenvalue weighted by Gasteiger charge is 2.32. The van der Waals surface area contributed by atoms with E-state index in [9.17, 15) is 8.42 Å². The van der Waals surface area contributed by atoms with Crippen molar-refractivity contribution in [2.75, 3.05) is 18.4 Å². The van der Waals surface area contributed by atoms with Gasteiger partial charge in [-0.15, -0.1) is 0 Å². The van der Waals surface area contributed by atoms with Crippen LogP contribution in [0.5, 0.6) is 5.75 Å². The quantitative estimate of drug-likeness (QED) is 0.351. The molecular formula is C24H23BrN6O3S. The van der Waals surface area contributed by atoms with Crippen LogP contribution in [0, 0.1) is 0 Å². The molecule has 3 aliphatic rings. The summed E-state index contributed by atoms with van der Waals surface area (Å²) in [7, 11) is -3.63. The minimum Gasteiger partial charge on any atom is -0.489 e. The molecule has 1 N–H and O–H groups in total. The van der Waals surface area contributed by atoms with Crippen LogP contribution in [0.2, 0.25) is 0 Å². The maximum atomic E-state index is 13.4. The normalized spacial score (nSPS) is 21.5. The molecule has 3 aliphatic heterocycles. The molecule has 3 aromatic heterocycles. The van der Waals surface area contributed by atoms with Crippen molar-refractivity contribution in [3.63, 3.8) is 0 Å². The van der Waals surface area contributed by atoms with Crippen LogP contribution in [0.1, 0.15) is 35.6 Å². The topological polar surface area (TPSA) is 102 Å². The fourth-order valence-electron chi connectivity index (χ4n) is 4.65. The van der Waals surface area contributed by atoms with E-state index < -0.39 is 10.0 Å². The average Bonchev–Trinajstić information content (AvgIpc) is 3.27. The van der Waals surface area contributed by atoms with Crippen LogP contribution in [-0.2, 0) is 23.2 Å². The van der Waals surface area contributed by atoms with Gasteiger partial charge in [-0.1, -0.05) is 0 Å². The molecule has 1 saturated heterocycles. The molecule has 6 heterocycles. The molecule has 180 valence electrons. The highest BCUT2D eigenvalue weighted by molar-refractivity contribution is 9.10. The van der Waals surface area contributed by atoms with Crippen LogP contribution >= 0.6 is 15.9 Å². The molecule has 6 bridgehead atoms. The van der Waals surface area contributed by atoms with Gasteiger partial charge in [0, 0.05) is 44.0 Å². The van der Waals surface area contributed by atoms with Crippen LogP contribution in [0.4, 0.5) is 5.82 Å². The standard InChI is InChI=1S/C24H23BrN6O3S/c25-21-13-28-31-23-10-22(29-24(21)31)16-2-1-9-30(14-16)35(32,33)20-5-3-19(4-6-20)34-15-17-7-8-26-11-18(17)12-27-23/h3-8,10-11,13,16,27H,1-2,9,12,14-15H2/t16-/m1/s1. The number of hydrogen-bond acceptors (Lipinski definition) is 7. The van der Waals surface area contributed by atoms with Gasteiger partial charge >= 0.3 is 0 Å². The van der Waals surface area contributed by atoms with Crippen LogP contribution in [0.3, 0.4) is 0 Å². The predicted octanol–water partition coefficient (Wildman–Crippen LogP) is 3.96. The Hall–Kier alpha value is -3.02. The summed E-state index contributed by atoms with van der Waals surface area (Å²) in [6.45, 7) is 1.72. The lowest BCUT2D eigenvalue weighted by atomic mass is 9.96. The van der Waals surface area contributed by atoms with Gasteiger partial charge in [0.15, 0.2) is 5.65 Å². The Kier molecular flexibility index (Phi) is 5.70. The Labute approximate surface area is 211 Å². The van der Waals surface area contributed by atoms with E-state index in [-0.39, 0.29) is 10.8 Å². The van der Waals surface area contributed by atoms with Crippen molar-refractivity contribution in [3.05, 3.63) is 76.3 Å². The van der Waals surface area contributed by atoms with Crippen molar-refractivity contribution < 1.29 is 13.2 Å². The molecule has 4 aromatic rings. The van der Waals surface area contributed by atoms with E-state index in [0.717, 1.165) is 40.0 Å². The largest absolute Gasteiger partial charge is 0.489 e. The summed E-state index contributed by atoms with van der Waals surface area (Å²) in [5, 5.41) is 7.96. The smallest absolute Gasteiger partial charge is 0.243 e. The Morgan fingerprint density at radius 1 is 1.11 bits per heavy atom. The molecule has 0 amide bonds. The number of halogens is 1. The number of sulfonamides is 1. The second-order valence-electron chi connectivity index (χ2n) is 8.75. The lowest BCUT2D eigenvalue weighted by Crippen LogP contribution is -2.39. The van der Waals surface area contributed by atoms with E-state index >= 15 is 0 Å². The number of ether oxygens (including phenoxy) is 1. The average molecular weight is 555 g/mol. The zero-order chi connectivity index (χ0) is 24.0. The summed E-state index contributed by atoms with van der Waals surface area (Å²) in [6, 6.07) is 10.6. The fraction of sp³-hybridized carbons (Fsp3) is 0.292. The number of aromatic nitrogens is 4. The molecule has 9 nitrogen and oxygen atoms in total. The van der Waals surface area contributed by atoms with Crippen molar-refractivity contribution in [1.82, 2.24) is 23.9 Å². The summed E-state index contributed by atoms with van der Waals surface area (Å²) < 4.78 is 37.0. The van der Waals surface area contributed by atoms with Crippen LogP contribution in [-0.4, -0.2) is 45.4 Å². The fourth-order valence-corrected chi connectivity index (χ4v) is 6.52. The van der Waals surface area contributed by atoms with Crippen molar-refractivity contribution in [2.24, 2.45) is 0 Å². The van der Waals surface area contributed by atoms with Crippen LogP contribution < -0.4 is 10.1 Å². The first-order chi connectivity index (χ1) is 17.0. The SMILES string of the molecule is O=S1(=O)c2ccc(cc2)OCc2ccncc2CNc2cc(nc3c(Br)cnn23)[C@@H]2CCCN1C2. The number of hydrogen-bond donors (Lipinski definition) is 1. The van der Waals surface area contributed by atoms with Gasteiger partial charge in [-0.05, 0) is 70.2 Å². The number of fused-ring (bicyclic) bond motifs is 5. The summed E-state index contributed by atoms with van der Waals surface area (Å²) in [5.74, 6) is 1.36. The third-order valence-electron chi connectivity index (χ3n) is 6.57. The molecule has 1 unspecified atom stereocenters. The van der Waals surface area contributed by atoms with E-state index in [1.807, 2.05) is 18.3 Å². The Bertz CT molecular complexity index is 1510. The first kappa shape index (κ1) is 22.4. The van der Waals surface area contributed by atoms with Gasteiger partial charge in [0.05, 0.1) is 21.3 Å². The van der Waals surface area contributed by atoms with Crippen LogP contribution in [0.15, 0.2) is 64.4 Å². The molecular weight excluding hydrogens is 532 g/mol. The predicted molar refractivity (Wildman–Crippen MR) is 134 cm³/mol. The summed E-state index contributed by atoms with van der Waals surface area (Å²) in [4.78, 5) is 9.43. The second kappa shape index (κ2) is 8.89. The summed E-state index contributed by atoms with van der Waals surface area (Å²) in [5.41, 5.74) is 3.52. The van der Waals surface area contributed by atoms with E-state index in [2.05, 4.69) is 31.3 Å². The maximum Gasteiger partial charge on any atom is 0.243 e. The van der Waals surface area contributed by atoms with Crippen molar-refractivity contribution in [1.29, 1.82) is 0 Å². The van der Waals surface area contributed by atoms with Gasteiger partial charge in [0.2, 0.25) is 10.0 Å². The highest BCUT2D eigenvalue weighted by atomic mass is 79.9. The molecule has 7 rings (SSSR count). The minimum absolute atomic E-state index is 0.0295. The molecule has 35 heavy (non-hydrogen) atoms.